The van der Waals surface area contributed by atoms with Crippen molar-refractivity contribution in [3.05, 3.63) is 58.7 Å². The normalized spacial score (nSPS) is 16.1. The van der Waals surface area contributed by atoms with Crippen molar-refractivity contribution in [2.24, 2.45) is 10.8 Å². The van der Waals surface area contributed by atoms with E-state index >= 15 is 0 Å². The third-order valence-corrected chi connectivity index (χ3v) is 5.21. The van der Waals surface area contributed by atoms with Gasteiger partial charge < -0.3 is 5.73 Å². The number of aryl methyl sites for hydroxylation is 2. The summed E-state index contributed by atoms with van der Waals surface area (Å²) < 4.78 is 40.2. The van der Waals surface area contributed by atoms with Gasteiger partial charge in [-0.1, -0.05) is 12.1 Å². The average Bonchev–Trinajstić information content (AvgIpc) is 3.00. The average molecular weight is 460 g/mol. The number of nitrogens with one attached hydrogen (secondary N) is 1. The highest BCUT2D eigenvalue weighted by Crippen LogP contribution is 2.45. The number of hydrazone groups is 1. The van der Waals surface area contributed by atoms with E-state index in [0.29, 0.717) is 11.3 Å². The van der Waals surface area contributed by atoms with Gasteiger partial charge in [-0.05, 0) is 61.7 Å². The highest BCUT2D eigenvalue weighted by molar-refractivity contribution is 6.22. The fourth-order valence-electron chi connectivity index (χ4n) is 3.80. The number of nitrogens with zero attached hydrogens (tertiary/aromatic N) is 2. The molecule has 0 fully saturated rings. The number of halogens is 3. The van der Waals surface area contributed by atoms with Gasteiger partial charge in [0.25, 0.3) is 0 Å². The van der Waals surface area contributed by atoms with Crippen LogP contribution in [0.4, 0.5) is 24.5 Å². The Bertz CT molecular complexity index is 1140. The van der Waals surface area contributed by atoms with E-state index in [9.17, 15) is 27.6 Å². The van der Waals surface area contributed by atoms with Crippen LogP contribution in [0.5, 0.6) is 0 Å². The molecule has 0 saturated heterocycles. The van der Waals surface area contributed by atoms with Crippen LogP contribution in [0.2, 0.25) is 0 Å². The molecule has 3 rings (SSSR count). The van der Waals surface area contributed by atoms with Crippen molar-refractivity contribution >= 4 is 34.8 Å². The molecule has 1 heterocycles. The summed E-state index contributed by atoms with van der Waals surface area (Å²) in [6, 6.07) is 8.46. The van der Waals surface area contributed by atoms with Crippen LogP contribution < -0.4 is 16.1 Å². The third-order valence-electron chi connectivity index (χ3n) is 5.21. The van der Waals surface area contributed by atoms with Crippen LogP contribution in [-0.4, -0.2) is 23.4 Å². The number of hydrogen-bond acceptors (Lipinski definition) is 4. The van der Waals surface area contributed by atoms with Gasteiger partial charge in [-0.2, -0.15) is 18.3 Å². The lowest BCUT2D eigenvalue weighted by atomic mass is 9.95. The van der Waals surface area contributed by atoms with Gasteiger partial charge in [0, 0.05) is 18.5 Å². The molecule has 0 aliphatic carbocycles. The first-order chi connectivity index (χ1) is 15.4. The quantitative estimate of drug-likeness (QED) is 0.505. The van der Waals surface area contributed by atoms with Gasteiger partial charge >= 0.3 is 6.18 Å². The van der Waals surface area contributed by atoms with E-state index in [0.717, 1.165) is 23.3 Å². The molecule has 2 aromatic rings. The summed E-state index contributed by atoms with van der Waals surface area (Å²) in [7, 11) is 0. The highest BCUT2D eigenvalue weighted by atomic mass is 19.4. The van der Waals surface area contributed by atoms with Gasteiger partial charge in [-0.25, -0.2) is 5.43 Å². The Labute approximate surface area is 188 Å². The van der Waals surface area contributed by atoms with Crippen molar-refractivity contribution in [3.8, 4) is 0 Å². The smallest absolute Gasteiger partial charge is 0.370 e. The lowest BCUT2D eigenvalue weighted by molar-refractivity contribution is -0.137. The monoisotopic (exact) mass is 460 g/mol. The molecule has 1 unspecified atom stereocenters. The lowest BCUT2D eigenvalue weighted by Crippen LogP contribution is -2.29. The van der Waals surface area contributed by atoms with Gasteiger partial charge in [-0.15, -0.1) is 0 Å². The molecule has 0 aromatic heterocycles. The zero-order valence-corrected chi connectivity index (χ0v) is 18.3. The number of benzene rings is 2. The van der Waals surface area contributed by atoms with Crippen molar-refractivity contribution in [1.29, 1.82) is 0 Å². The Morgan fingerprint density at radius 3 is 2.30 bits per heavy atom. The summed E-state index contributed by atoms with van der Waals surface area (Å²) in [6.07, 6.45) is -4.92. The molecular weight excluding hydrogens is 437 g/mol. The number of carbonyl (C=O) groups excluding carboxylic acids is 3. The summed E-state index contributed by atoms with van der Waals surface area (Å²) in [5, 5.41) is 3.96. The number of fused-ring (bicyclic) bond motifs is 1. The molecule has 2 aromatic carbocycles. The summed E-state index contributed by atoms with van der Waals surface area (Å²) in [6.45, 7) is 5.16. The van der Waals surface area contributed by atoms with Gasteiger partial charge in [0.15, 0.2) is 0 Å². The molecule has 0 radical (unpaired) electrons. The van der Waals surface area contributed by atoms with E-state index in [4.69, 9.17) is 5.73 Å². The van der Waals surface area contributed by atoms with Crippen LogP contribution in [0.1, 0.15) is 47.9 Å². The van der Waals surface area contributed by atoms with Crippen LogP contribution in [0.25, 0.3) is 0 Å². The molecule has 33 heavy (non-hydrogen) atoms. The molecule has 3 N–H and O–H groups in total. The maximum atomic E-state index is 13.4. The number of carbonyl (C=O) groups is 3. The van der Waals surface area contributed by atoms with Gasteiger partial charge in [-0.3, -0.25) is 19.3 Å². The predicted octanol–water partition coefficient (Wildman–Crippen LogP) is 3.84. The molecule has 174 valence electrons. The topological polar surface area (TPSA) is 105 Å². The van der Waals surface area contributed by atoms with Crippen LogP contribution in [0.3, 0.4) is 0 Å². The van der Waals surface area contributed by atoms with E-state index in [1.807, 2.05) is 19.9 Å². The molecule has 10 heteroatoms. The lowest BCUT2D eigenvalue weighted by Gasteiger charge is -2.20. The van der Waals surface area contributed by atoms with E-state index in [1.54, 1.807) is 12.1 Å². The molecule has 7 nitrogen and oxygen atoms in total. The first-order valence-corrected chi connectivity index (χ1v) is 10.1. The standard InChI is InChI=1S/C23H23F3N4O3/c1-12-8-13(2)10-16(9-12)30-18-11-15(23(24,25)26)4-5-17(18)21(22(30)33)14(3)28-29-20(32)7-6-19(27)31/h4-5,8-11,21H,6-7H2,1-3H3,(H2,27,31)(H,29,32)/b28-14-. The number of rotatable bonds is 6. The van der Waals surface area contributed by atoms with Gasteiger partial charge in [0.2, 0.25) is 17.7 Å². The molecule has 3 amide bonds. The highest BCUT2D eigenvalue weighted by Gasteiger charge is 2.42. The minimum Gasteiger partial charge on any atom is -0.370 e. The SMILES string of the molecule is C/C(=N/NC(=O)CCC(N)=O)C1C(=O)N(c2cc(C)cc(C)c2)c2cc(C(F)(F)F)ccc21. The maximum Gasteiger partial charge on any atom is 0.416 e. The van der Waals surface area contributed by atoms with E-state index in [2.05, 4.69) is 10.5 Å². The van der Waals surface area contributed by atoms with Crippen molar-refractivity contribution in [1.82, 2.24) is 5.43 Å². The molecule has 1 aliphatic rings. The Kier molecular flexibility index (Phi) is 6.57. The second-order valence-electron chi connectivity index (χ2n) is 7.98. The minimum absolute atomic E-state index is 0.111. The number of amides is 3. The zero-order valence-electron chi connectivity index (χ0n) is 18.3. The summed E-state index contributed by atoms with van der Waals surface area (Å²) in [4.78, 5) is 37.4. The van der Waals surface area contributed by atoms with Crippen molar-refractivity contribution in [3.63, 3.8) is 0 Å². The molecule has 0 saturated carbocycles. The Hall–Kier alpha value is -3.69. The first kappa shape index (κ1) is 24.0. The largest absolute Gasteiger partial charge is 0.416 e. The molecule has 0 spiro atoms. The Morgan fingerprint density at radius 1 is 1.09 bits per heavy atom. The van der Waals surface area contributed by atoms with Gasteiger partial charge in [0.05, 0.1) is 17.0 Å². The molecule has 1 atom stereocenters. The second-order valence-corrected chi connectivity index (χ2v) is 7.98. The van der Waals surface area contributed by atoms with E-state index < -0.39 is 35.4 Å². The maximum absolute atomic E-state index is 13.4. The third kappa shape index (κ3) is 5.21. The predicted molar refractivity (Wildman–Crippen MR) is 117 cm³/mol. The number of primary amides is 1. The first-order valence-electron chi connectivity index (χ1n) is 10.1. The van der Waals surface area contributed by atoms with E-state index in [1.165, 1.54) is 17.9 Å². The van der Waals surface area contributed by atoms with Gasteiger partial charge in [0.1, 0.15) is 5.92 Å². The number of anilines is 2. The van der Waals surface area contributed by atoms with Crippen LogP contribution in [0.15, 0.2) is 41.5 Å². The zero-order chi connectivity index (χ0) is 24.5. The van der Waals surface area contributed by atoms with Crippen molar-refractivity contribution in [2.45, 2.75) is 45.7 Å². The molecule has 0 bridgehead atoms. The Balaban J connectivity index is 2.03. The molecule has 1 aliphatic heterocycles. The van der Waals surface area contributed by atoms with Crippen molar-refractivity contribution < 1.29 is 27.6 Å². The summed E-state index contributed by atoms with van der Waals surface area (Å²) >= 11 is 0. The van der Waals surface area contributed by atoms with Crippen LogP contribution in [-0.2, 0) is 20.6 Å². The second kappa shape index (κ2) is 9.05. The molecular formula is C23H23F3N4O3. The van der Waals surface area contributed by atoms with Crippen molar-refractivity contribution in [2.75, 3.05) is 4.90 Å². The minimum atomic E-state index is -4.58. The fraction of sp³-hybridized carbons (Fsp3) is 0.304. The Morgan fingerprint density at radius 2 is 1.73 bits per heavy atom. The summed E-state index contributed by atoms with van der Waals surface area (Å²) in [5.74, 6) is -2.69. The number of nitrogens with two attached hydrogens (primary N) is 1. The fourth-order valence-corrected chi connectivity index (χ4v) is 3.80. The summed E-state index contributed by atoms with van der Waals surface area (Å²) in [5.41, 5.74) is 9.20. The number of hydrogen-bond donors (Lipinski definition) is 2. The van der Waals surface area contributed by atoms with Crippen LogP contribution in [0, 0.1) is 13.8 Å². The number of alkyl halides is 3. The van der Waals surface area contributed by atoms with Crippen LogP contribution >= 0.6 is 0 Å². The van der Waals surface area contributed by atoms with E-state index in [-0.39, 0.29) is 24.2 Å².